The van der Waals surface area contributed by atoms with Crippen molar-refractivity contribution in [1.82, 2.24) is 9.80 Å². The summed E-state index contributed by atoms with van der Waals surface area (Å²) in [6, 6.07) is 12.0. The zero-order valence-corrected chi connectivity index (χ0v) is 18.8. The summed E-state index contributed by atoms with van der Waals surface area (Å²) >= 11 is 0. The van der Waals surface area contributed by atoms with Crippen LogP contribution in [0.15, 0.2) is 42.5 Å². The topological polar surface area (TPSA) is 74.3 Å². The van der Waals surface area contributed by atoms with Gasteiger partial charge in [0.2, 0.25) is 11.8 Å². The minimum absolute atomic E-state index is 0.0304. The summed E-state index contributed by atoms with van der Waals surface area (Å²) in [5.74, 6) is 0.785. The van der Waals surface area contributed by atoms with Crippen LogP contribution in [0.2, 0.25) is 0 Å². The van der Waals surface area contributed by atoms with Crippen molar-refractivity contribution in [3.63, 3.8) is 0 Å². The predicted molar refractivity (Wildman–Crippen MR) is 123 cm³/mol. The Bertz CT molecular complexity index is 994. The maximum Gasteiger partial charge on any atom is 0.238 e. The molecular formula is C24H29FN4O4. The molecule has 9 heteroatoms. The van der Waals surface area contributed by atoms with E-state index in [-0.39, 0.29) is 30.7 Å². The molecule has 176 valence electrons. The van der Waals surface area contributed by atoms with Crippen molar-refractivity contribution in [3.8, 4) is 11.5 Å². The first-order chi connectivity index (χ1) is 16.0. The number of hydrogen-bond donors (Lipinski definition) is 1. The second-order valence-corrected chi connectivity index (χ2v) is 8.03. The van der Waals surface area contributed by atoms with Crippen LogP contribution < -0.4 is 19.7 Å². The molecule has 0 unspecified atom stereocenters. The first-order valence-electron chi connectivity index (χ1n) is 11.2. The summed E-state index contributed by atoms with van der Waals surface area (Å²) in [7, 11) is 0. The number of carbonyl (C=O) groups excluding carboxylic acids is 2. The van der Waals surface area contributed by atoms with Crippen LogP contribution in [0.5, 0.6) is 11.5 Å². The quantitative estimate of drug-likeness (QED) is 0.689. The zero-order valence-electron chi connectivity index (χ0n) is 18.8. The summed E-state index contributed by atoms with van der Waals surface area (Å²) < 4.78 is 25.1. The number of amides is 2. The highest BCUT2D eigenvalue weighted by Gasteiger charge is 2.24. The Kier molecular flexibility index (Phi) is 7.29. The molecule has 0 radical (unpaired) electrons. The molecule has 0 aromatic heterocycles. The lowest BCUT2D eigenvalue weighted by Crippen LogP contribution is -2.52. The van der Waals surface area contributed by atoms with E-state index in [1.54, 1.807) is 40.1 Å². The number of piperazine rings is 1. The molecule has 0 bridgehead atoms. The average molecular weight is 457 g/mol. The summed E-state index contributed by atoms with van der Waals surface area (Å²) in [5, 5.41) is 2.86. The van der Waals surface area contributed by atoms with Gasteiger partial charge in [0.05, 0.1) is 18.8 Å². The Labute approximate surface area is 192 Å². The first-order valence-corrected chi connectivity index (χ1v) is 11.2. The van der Waals surface area contributed by atoms with Gasteiger partial charge in [-0.3, -0.25) is 14.5 Å². The monoisotopic (exact) mass is 456 g/mol. The normalized spacial score (nSPS) is 15.5. The van der Waals surface area contributed by atoms with Gasteiger partial charge in [-0.25, -0.2) is 4.39 Å². The molecule has 2 heterocycles. The number of benzene rings is 2. The molecule has 2 aliphatic heterocycles. The van der Waals surface area contributed by atoms with Crippen LogP contribution in [0.3, 0.4) is 0 Å². The lowest BCUT2D eigenvalue weighted by Gasteiger charge is -2.37. The van der Waals surface area contributed by atoms with Gasteiger partial charge in [-0.15, -0.1) is 0 Å². The largest absolute Gasteiger partial charge is 0.486 e. The Morgan fingerprint density at radius 1 is 1.00 bits per heavy atom. The van der Waals surface area contributed by atoms with Gasteiger partial charge >= 0.3 is 0 Å². The number of fused-ring (bicyclic) bond motifs is 1. The van der Waals surface area contributed by atoms with Crippen molar-refractivity contribution in [3.05, 3.63) is 48.3 Å². The fourth-order valence-corrected chi connectivity index (χ4v) is 4.00. The number of para-hydroxylation sites is 1. The van der Waals surface area contributed by atoms with E-state index in [1.165, 1.54) is 6.07 Å². The lowest BCUT2D eigenvalue weighted by molar-refractivity contribution is -0.133. The molecule has 0 saturated carbocycles. The van der Waals surface area contributed by atoms with Crippen LogP contribution >= 0.6 is 0 Å². The number of rotatable bonds is 7. The number of likely N-dealkylation sites (N-methyl/N-ethyl adjacent to an activating group) is 1. The first kappa shape index (κ1) is 22.8. The van der Waals surface area contributed by atoms with Crippen molar-refractivity contribution >= 4 is 23.2 Å². The predicted octanol–water partition coefficient (Wildman–Crippen LogP) is 2.21. The number of ether oxygens (including phenoxy) is 2. The molecule has 1 fully saturated rings. The van der Waals surface area contributed by atoms with Crippen molar-refractivity contribution < 1.29 is 23.5 Å². The standard InChI is InChI=1S/C24H29FN4O4/c1-2-27(16-23(30)26-18-7-8-21-22(15-18)33-14-13-32-21)17-24(31)29-11-9-28(10-12-29)20-6-4-3-5-19(20)25/h3-8,15H,2,9-14,16-17H2,1H3,(H,26,30). The van der Waals surface area contributed by atoms with Gasteiger partial charge in [-0.05, 0) is 30.8 Å². The van der Waals surface area contributed by atoms with Crippen LogP contribution in [0.4, 0.5) is 15.8 Å². The van der Waals surface area contributed by atoms with Gasteiger partial charge < -0.3 is 24.6 Å². The van der Waals surface area contributed by atoms with E-state index in [4.69, 9.17) is 9.47 Å². The molecule has 2 aliphatic rings. The number of nitrogens with zero attached hydrogens (tertiary/aromatic N) is 3. The van der Waals surface area contributed by atoms with Gasteiger partial charge in [0.15, 0.2) is 11.5 Å². The molecule has 0 spiro atoms. The van der Waals surface area contributed by atoms with Crippen LogP contribution in [0.25, 0.3) is 0 Å². The number of nitrogens with one attached hydrogen (secondary N) is 1. The fourth-order valence-electron chi connectivity index (χ4n) is 4.00. The Balaban J connectivity index is 1.26. The summed E-state index contributed by atoms with van der Waals surface area (Å²) in [4.78, 5) is 30.9. The Morgan fingerprint density at radius 3 is 2.45 bits per heavy atom. The summed E-state index contributed by atoms with van der Waals surface area (Å²) in [5.41, 5.74) is 1.19. The second kappa shape index (κ2) is 10.5. The van der Waals surface area contributed by atoms with Crippen molar-refractivity contribution in [2.75, 3.05) is 69.2 Å². The van der Waals surface area contributed by atoms with Crippen LogP contribution in [-0.4, -0.2) is 80.6 Å². The van der Waals surface area contributed by atoms with E-state index < -0.39 is 0 Å². The van der Waals surface area contributed by atoms with Crippen LogP contribution in [0.1, 0.15) is 6.92 Å². The van der Waals surface area contributed by atoms with Crippen molar-refractivity contribution in [1.29, 1.82) is 0 Å². The van der Waals surface area contributed by atoms with E-state index in [0.717, 1.165) is 0 Å². The van der Waals surface area contributed by atoms with Gasteiger partial charge in [-0.1, -0.05) is 19.1 Å². The third-order valence-electron chi connectivity index (χ3n) is 5.82. The highest BCUT2D eigenvalue weighted by molar-refractivity contribution is 5.93. The maximum atomic E-state index is 14.0. The molecule has 33 heavy (non-hydrogen) atoms. The molecule has 8 nitrogen and oxygen atoms in total. The molecule has 1 N–H and O–H groups in total. The minimum Gasteiger partial charge on any atom is -0.486 e. The molecule has 1 saturated heterocycles. The number of carbonyl (C=O) groups is 2. The third-order valence-corrected chi connectivity index (χ3v) is 5.82. The van der Waals surface area contributed by atoms with E-state index in [2.05, 4.69) is 5.32 Å². The number of anilines is 2. The molecule has 0 atom stereocenters. The smallest absolute Gasteiger partial charge is 0.238 e. The fraction of sp³-hybridized carbons (Fsp3) is 0.417. The summed E-state index contributed by atoms with van der Waals surface area (Å²) in [6.07, 6.45) is 0. The lowest BCUT2D eigenvalue weighted by atomic mass is 10.2. The molecule has 2 aromatic rings. The molecule has 0 aliphatic carbocycles. The second-order valence-electron chi connectivity index (χ2n) is 8.03. The molecule has 2 amide bonds. The van der Waals surface area contributed by atoms with Crippen LogP contribution in [0, 0.1) is 5.82 Å². The Hall–Kier alpha value is -3.33. The van der Waals surface area contributed by atoms with Crippen LogP contribution in [-0.2, 0) is 9.59 Å². The highest BCUT2D eigenvalue weighted by atomic mass is 19.1. The van der Waals surface area contributed by atoms with Gasteiger partial charge in [0, 0.05) is 37.9 Å². The third kappa shape index (κ3) is 5.73. The number of halogens is 1. The molecule has 4 rings (SSSR count). The molecule has 2 aromatic carbocycles. The summed E-state index contributed by atoms with van der Waals surface area (Å²) in [6.45, 7) is 5.92. The van der Waals surface area contributed by atoms with Gasteiger partial charge in [0.1, 0.15) is 19.0 Å². The van der Waals surface area contributed by atoms with Crippen molar-refractivity contribution in [2.45, 2.75) is 6.92 Å². The SMILES string of the molecule is CCN(CC(=O)Nc1ccc2c(c1)OCCO2)CC(=O)N1CCN(c2ccccc2F)CC1. The van der Waals surface area contributed by atoms with Crippen molar-refractivity contribution in [2.24, 2.45) is 0 Å². The van der Waals surface area contributed by atoms with E-state index in [9.17, 15) is 14.0 Å². The Morgan fingerprint density at radius 2 is 1.73 bits per heavy atom. The number of hydrogen-bond acceptors (Lipinski definition) is 6. The van der Waals surface area contributed by atoms with Gasteiger partial charge in [-0.2, -0.15) is 0 Å². The van der Waals surface area contributed by atoms with Gasteiger partial charge in [0.25, 0.3) is 0 Å². The molecular weight excluding hydrogens is 427 g/mol. The zero-order chi connectivity index (χ0) is 23.2. The van der Waals surface area contributed by atoms with E-state index in [1.807, 2.05) is 17.9 Å². The maximum absolute atomic E-state index is 14.0. The minimum atomic E-state index is -0.251. The average Bonchev–Trinajstić information content (AvgIpc) is 2.84. The highest BCUT2D eigenvalue weighted by Crippen LogP contribution is 2.32. The van der Waals surface area contributed by atoms with E-state index in [0.29, 0.717) is 68.8 Å². The van der Waals surface area contributed by atoms with E-state index >= 15 is 0 Å².